The van der Waals surface area contributed by atoms with Gasteiger partial charge in [0.2, 0.25) is 0 Å². The molecule has 24 heavy (non-hydrogen) atoms. The van der Waals surface area contributed by atoms with E-state index in [0.717, 1.165) is 0 Å². The van der Waals surface area contributed by atoms with E-state index >= 15 is 0 Å². The highest BCUT2D eigenvalue weighted by Crippen LogP contribution is 2.11. The first kappa shape index (κ1) is 22.4. The molecule has 0 aromatic carbocycles. The predicted molar refractivity (Wildman–Crippen MR) is 112 cm³/mol. The monoisotopic (exact) mass is 326 g/mol. The molecule has 0 amide bonds. The van der Waals surface area contributed by atoms with Gasteiger partial charge in [-0.15, -0.1) is 0 Å². The van der Waals surface area contributed by atoms with Crippen LogP contribution in [0.4, 0.5) is 0 Å². The third-order valence-electron chi connectivity index (χ3n) is 3.89. The van der Waals surface area contributed by atoms with Gasteiger partial charge in [0.05, 0.1) is 0 Å². The minimum atomic E-state index is 1.21. The van der Waals surface area contributed by atoms with Gasteiger partial charge in [0.25, 0.3) is 0 Å². The topological polar surface area (TPSA) is 0 Å². The Hall–Kier alpha value is -1.56. The lowest BCUT2D eigenvalue weighted by Crippen LogP contribution is -1.81. The van der Waals surface area contributed by atoms with E-state index in [1.807, 2.05) is 36.5 Å². The van der Waals surface area contributed by atoms with E-state index in [9.17, 15) is 0 Å². The fourth-order valence-electron chi connectivity index (χ4n) is 2.45. The Labute approximate surface area is 151 Å². The number of allylic oxidation sites excluding steroid dienone is 11. The second-order valence-corrected chi connectivity index (χ2v) is 6.17. The van der Waals surface area contributed by atoms with Gasteiger partial charge in [-0.2, -0.15) is 0 Å². The molecular weight excluding hydrogens is 288 g/mol. The summed E-state index contributed by atoms with van der Waals surface area (Å²) in [5.74, 6) is 0. The van der Waals surface area contributed by atoms with Crippen molar-refractivity contribution in [1.29, 1.82) is 0 Å². The van der Waals surface area contributed by atoms with Crippen LogP contribution in [0.2, 0.25) is 0 Å². The summed E-state index contributed by atoms with van der Waals surface area (Å²) in [5.41, 5.74) is 0. The summed E-state index contributed by atoms with van der Waals surface area (Å²) < 4.78 is 0. The molecule has 0 rings (SSSR count). The van der Waals surface area contributed by atoms with Crippen LogP contribution in [0.1, 0.15) is 77.6 Å². The maximum absolute atomic E-state index is 3.62. The van der Waals surface area contributed by atoms with Crippen molar-refractivity contribution in [3.8, 4) is 0 Å². The zero-order chi connectivity index (χ0) is 17.6. The quantitative estimate of drug-likeness (QED) is 0.198. The van der Waals surface area contributed by atoms with E-state index in [1.54, 1.807) is 6.08 Å². The SMILES string of the molecule is C=CC=CC=CC=CC=CC=CCCCCCCCCCCCC. The molecule has 0 spiro atoms. The summed E-state index contributed by atoms with van der Waals surface area (Å²) in [6.07, 6.45) is 37.6. The standard InChI is InChI=1S/C24H38/c1-3-5-7-9-11-13-15-17-19-21-23-24-22-20-18-16-14-12-10-8-6-4-2/h3,5,7,9,11,13,15,17,19,21,23H,1,4,6,8,10,12,14,16,18,20,22,24H2,2H3. The second kappa shape index (κ2) is 21.4. The number of hydrogen-bond acceptors (Lipinski definition) is 0. The molecule has 0 heteroatoms. The van der Waals surface area contributed by atoms with E-state index in [2.05, 4.69) is 37.8 Å². The number of hydrogen-bond donors (Lipinski definition) is 0. The molecule has 0 radical (unpaired) electrons. The molecule has 0 bridgehead atoms. The lowest BCUT2D eigenvalue weighted by atomic mass is 10.1. The fourth-order valence-corrected chi connectivity index (χ4v) is 2.45. The van der Waals surface area contributed by atoms with Gasteiger partial charge in [0.1, 0.15) is 0 Å². The summed E-state index contributed by atoms with van der Waals surface area (Å²) in [4.78, 5) is 0. The zero-order valence-corrected chi connectivity index (χ0v) is 15.8. The molecule has 0 atom stereocenters. The molecule has 0 N–H and O–H groups in total. The molecule has 0 heterocycles. The Bertz CT molecular complexity index is 390. The van der Waals surface area contributed by atoms with Crippen molar-refractivity contribution in [2.75, 3.05) is 0 Å². The molecule has 0 aliphatic rings. The molecule has 0 saturated carbocycles. The van der Waals surface area contributed by atoms with Crippen LogP contribution in [0.15, 0.2) is 73.4 Å². The second-order valence-electron chi connectivity index (χ2n) is 6.17. The molecule has 0 fully saturated rings. The first-order valence-corrected chi connectivity index (χ1v) is 9.86. The lowest BCUT2D eigenvalue weighted by Gasteiger charge is -2.01. The maximum atomic E-state index is 3.62. The molecular formula is C24H38. The Morgan fingerprint density at radius 1 is 0.500 bits per heavy atom. The van der Waals surface area contributed by atoms with E-state index < -0.39 is 0 Å². The number of rotatable bonds is 16. The minimum absolute atomic E-state index is 1.21. The normalized spacial score (nSPS) is 12.7. The Kier molecular flexibility index (Phi) is 20.0. The van der Waals surface area contributed by atoms with E-state index in [-0.39, 0.29) is 0 Å². The van der Waals surface area contributed by atoms with Crippen molar-refractivity contribution < 1.29 is 0 Å². The third kappa shape index (κ3) is 20.4. The van der Waals surface area contributed by atoms with Crippen molar-refractivity contribution in [3.05, 3.63) is 73.4 Å². The molecule has 0 aliphatic heterocycles. The van der Waals surface area contributed by atoms with Gasteiger partial charge in [0, 0.05) is 0 Å². The van der Waals surface area contributed by atoms with Crippen LogP contribution in [-0.2, 0) is 0 Å². The van der Waals surface area contributed by atoms with Crippen molar-refractivity contribution in [1.82, 2.24) is 0 Å². The first-order valence-electron chi connectivity index (χ1n) is 9.86. The van der Waals surface area contributed by atoms with Crippen LogP contribution in [-0.4, -0.2) is 0 Å². The van der Waals surface area contributed by atoms with Crippen LogP contribution in [0.5, 0.6) is 0 Å². The highest BCUT2D eigenvalue weighted by atomic mass is 14.0. The highest BCUT2D eigenvalue weighted by Gasteiger charge is 1.91. The van der Waals surface area contributed by atoms with Gasteiger partial charge < -0.3 is 0 Å². The predicted octanol–water partition coefficient (Wildman–Crippen LogP) is 8.26. The summed E-state index contributed by atoms with van der Waals surface area (Å²) in [6.45, 7) is 5.90. The first-order chi connectivity index (χ1) is 11.9. The van der Waals surface area contributed by atoms with Gasteiger partial charge in [-0.3, -0.25) is 0 Å². The van der Waals surface area contributed by atoms with Crippen LogP contribution in [0.3, 0.4) is 0 Å². The summed E-state index contributed by atoms with van der Waals surface area (Å²) in [5, 5.41) is 0. The molecule has 0 aromatic heterocycles. The van der Waals surface area contributed by atoms with E-state index in [0.29, 0.717) is 0 Å². The van der Waals surface area contributed by atoms with Gasteiger partial charge >= 0.3 is 0 Å². The zero-order valence-electron chi connectivity index (χ0n) is 15.8. The fraction of sp³-hybridized carbons (Fsp3) is 0.500. The molecule has 0 aliphatic carbocycles. The van der Waals surface area contributed by atoms with Crippen LogP contribution in [0.25, 0.3) is 0 Å². The molecule has 0 aromatic rings. The Morgan fingerprint density at radius 2 is 0.917 bits per heavy atom. The van der Waals surface area contributed by atoms with E-state index in [1.165, 1.54) is 70.6 Å². The van der Waals surface area contributed by atoms with Gasteiger partial charge in [-0.1, -0.05) is 138 Å². The molecule has 0 saturated heterocycles. The summed E-state index contributed by atoms with van der Waals surface area (Å²) in [7, 11) is 0. The average molecular weight is 327 g/mol. The van der Waals surface area contributed by atoms with Crippen molar-refractivity contribution in [2.24, 2.45) is 0 Å². The Morgan fingerprint density at radius 3 is 1.42 bits per heavy atom. The summed E-state index contributed by atoms with van der Waals surface area (Å²) >= 11 is 0. The minimum Gasteiger partial charge on any atom is -0.0991 e. The largest absolute Gasteiger partial charge is 0.0991 e. The number of unbranched alkanes of at least 4 members (excludes halogenated alkanes) is 10. The maximum Gasteiger partial charge on any atom is -0.0348 e. The highest BCUT2D eigenvalue weighted by molar-refractivity contribution is 5.18. The van der Waals surface area contributed by atoms with Crippen molar-refractivity contribution in [3.63, 3.8) is 0 Å². The van der Waals surface area contributed by atoms with Crippen molar-refractivity contribution >= 4 is 0 Å². The third-order valence-corrected chi connectivity index (χ3v) is 3.89. The lowest BCUT2D eigenvalue weighted by molar-refractivity contribution is 0.557. The smallest absolute Gasteiger partial charge is 0.0348 e. The van der Waals surface area contributed by atoms with Crippen LogP contribution >= 0.6 is 0 Å². The van der Waals surface area contributed by atoms with Crippen LogP contribution in [0, 0.1) is 0 Å². The van der Waals surface area contributed by atoms with Gasteiger partial charge in [-0.25, -0.2) is 0 Å². The molecule has 0 nitrogen and oxygen atoms in total. The molecule has 0 unspecified atom stereocenters. The van der Waals surface area contributed by atoms with Crippen molar-refractivity contribution in [2.45, 2.75) is 77.6 Å². The van der Waals surface area contributed by atoms with E-state index in [4.69, 9.17) is 0 Å². The molecule has 134 valence electrons. The Balaban J connectivity index is 3.35. The average Bonchev–Trinajstić information content (AvgIpc) is 2.60. The van der Waals surface area contributed by atoms with Crippen LogP contribution < -0.4 is 0 Å². The summed E-state index contributed by atoms with van der Waals surface area (Å²) in [6, 6.07) is 0. The van der Waals surface area contributed by atoms with Gasteiger partial charge in [-0.05, 0) is 12.8 Å². The van der Waals surface area contributed by atoms with Gasteiger partial charge in [0.15, 0.2) is 0 Å².